The highest BCUT2D eigenvalue weighted by molar-refractivity contribution is 9.10. The van der Waals surface area contributed by atoms with Crippen LogP contribution in [0.3, 0.4) is 0 Å². The zero-order valence-electron chi connectivity index (χ0n) is 19.6. The van der Waals surface area contributed by atoms with E-state index in [0.29, 0.717) is 55.4 Å². The van der Waals surface area contributed by atoms with Gasteiger partial charge < -0.3 is 14.6 Å². The van der Waals surface area contributed by atoms with E-state index < -0.39 is 15.6 Å². The summed E-state index contributed by atoms with van der Waals surface area (Å²) in [6.45, 7) is 6.26. The van der Waals surface area contributed by atoms with Crippen LogP contribution in [0.2, 0.25) is 0 Å². The van der Waals surface area contributed by atoms with Gasteiger partial charge in [0.2, 0.25) is 10.0 Å². The van der Waals surface area contributed by atoms with Crippen molar-refractivity contribution in [3.63, 3.8) is 0 Å². The number of nitrogens with zero attached hydrogens (tertiary/aromatic N) is 5. The predicted molar refractivity (Wildman–Crippen MR) is 136 cm³/mol. The minimum Gasteiger partial charge on any atom is -0.493 e. The molecule has 0 radical (unpaired) electrons. The number of imidazole rings is 1. The smallest absolute Gasteiger partial charge is 0.279 e. The molecule has 3 aromatic heterocycles. The number of halogens is 1. The molecular formula is C23H25BrN6O4S. The summed E-state index contributed by atoms with van der Waals surface area (Å²) < 4.78 is 36.7. The quantitative estimate of drug-likeness (QED) is 0.399. The van der Waals surface area contributed by atoms with Crippen LogP contribution in [0, 0.1) is 6.92 Å². The summed E-state index contributed by atoms with van der Waals surface area (Å²) in [5.41, 5.74) is 1.99. The topological polar surface area (TPSA) is 113 Å². The number of H-pyrrole nitrogens is 1. The third kappa shape index (κ3) is 4.14. The number of benzene rings is 1. The predicted octanol–water partition coefficient (Wildman–Crippen LogP) is 2.64. The van der Waals surface area contributed by atoms with Crippen LogP contribution in [-0.2, 0) is 10.0 Å². The molecule has 35 heavy (non-hydrogen) atoms. The Labute approximate surface area is 210 Å². The molecule has 184 valence electrons. The van der Waals surface area contributed by atoms with Crippen molar-refractivity contribution in [3.8, 4) is 17.1 Å². The van der Waals surface area contributed by atoms with Crippen LogP contribution in [0.5, 0.6) is 5.75 Å². The lowest BCUT2D eigenvalue weighted by Crippen LogP contribution is -2.47. The third-order valence-electron chi connectivity index (χ3n) is 6.21. The summed E-state index contributed by atoms with van der Waals surface area (Å²) in [5.74, 6) is 0.640. The Morgan fingerprint density at radius 3 is 2.57 bits per heavy atom. The van der Waals surface area contributed by atoms with E-state index in [0.717, 1.165) is 10.2 Å². The first kappa shape index (κ1) is 23.9. The standard InChI is InChI=1S/C23H25BrN6O4S/c1-4-34-18-7-5-15(35(32,33)29-11-9-28(3)10-12-29)13-16(18)21-26-22-20(23(31)27-21)25-19-8-6-17(24)14(2)30(19)22/h5-8,13H,4,9-12H2,1-3H3,(H,26,27,31). The van der Waals surface area contributed by atoms with Gasteiger partial charge >= 0.3 is 0 Å². The molecular weight excluding hydrogens is 536 g/mol. The van der Waals surface area contributed by atoms with Gasteiger partial charge in [0.05, 0.1) is 17.1 Å². The molecule has 1 fully saturated rings. The average Bonchev–Trinajstić information content (AvgIpc) is 3.22. The van der Waals surface area contributed by atoms with Gasteiger partial charge in [0, 0.05) is 36.3 Å². The van der Waals surface area contributed by atoms with Gasteiger partial charge in [-0.1, -0.05) is 0 Å². The maximum Gasteiger partial charge on any atom is 0.279 e. The van der Waals surface area contributed by atoms with E-state index >= 15 is 0 Å². The molecule has 0 amide bonds. The third-order valence-corrected chi connectivity index (χ3v) is 8.94. The van der Waals surface area contributed by atoms with E-state index in [1.54, 1.807) is 16.5 Å². The van der Waals surface area contributed by atoms with E-state index in [1.165, 1.54) is 16.4 Å². The minimum atomic E-state index is -3.73. The van der Waals surface area contributed by atoms with Crippen LogP contribution in [0.15, 0.2) is 44.5 Å². The Balaban J connectivity index is 1.69. The first-order valence-corrected chi connectivity index (χ1v) is 13.5. The van der Waals surface area contributed by atoms with Crippen LogP contribution in [0.1, 0.15) is 12.6 Å². The molecule has 0 spiro atoms. The fourth-order valence-corrected chi connectivity index (χ4v) is 6.00. The number of hydrogen-bond donors (Lipinski definition) is 1. The highest BCUT2D eigenvalue weighted by atomic mass is 79.9. The fraction of sp³-hybridized carbons (Fsp3) is 0.348. The van der Waals surface area contributed by atoms with Gasteiger partial charge in [0.15, 0.2) is 11.2 Å². The van der Waals surface area contributed by atoms with Crippen LogP contribution >= 0.6 is 15.9 Å². The molecule has 0 aliphatic carbocycles. The zero-order chi connectivity index (χ0) is 24.9. The lowest BCUT2D eigenvalue weighted by Gasteiger charge is -2.31. The number of aryl methyl sites for hydroxylation is 1. The van der Waals surface area contributed by atoms with Crippen LogP contribution in [0.25, 0.3) is 28.2 Å². The van der Waals surface area contributed by atoms with Crippen molar-refractivity contribution in [3.05, 3.63) is 50.9 Å². The number of hydrogen-bond acceptors (Lipinski definition) is 7. The van der Waals surface area contributed by atoms with Crippen molar-refractivity contribution in [2.45, 2.75) is 18.7 Å². The van der Waals surface area contributed by atoms with Crippen molar-refractivity contribution in [1.82, 2.24) is 28.6 Å². The lowest BCUT2D eigenvalue weighted by atomic mass is 10.2. The van der Waals surface area contributed by atoms with Crippen molar-refractivity contribution in [2.24, 2.45) is 0 Å². The molecule has 0 bridgehead atoms. The molecule has 1 aromatic carbocycles. The Hall–Kier alpha value is -2.80. The molecule has 10 nitrogen and oxygen atoms in total. The largest absolute Gasteiger partial charge is 0.493 e. The number of likely N-dealkylation sites (N-methyl/N-ethyl adjacent to an activating group) is 1. The molecule has 0 saturated carbocycles. The van der Waals surface area contributed by atoms with E-state index in [1.807, 2.05) is 27.0 Å². The van der Waals surface area contributed by atoms with Gasteiger partial charge in [-0.05, 0) is 67.2 Å². The first-order valence-electron chi connectivity index (χ1n) is 11.2. The summed E-state index contributed by atoms with van der Waals surface area (Å²) in [4.78, 5) is 27.2. The summed E-state index contributed by atoms with van der Waals surface area (Å²) >= 11 is 3.52. The summed E-state index contributed by atoms with van der Waals surface area (Å²) in [5, 5.41) is 0. The molecule has 0 unspecified atom stereocenters. The summed E-state index contributed by atoms with van der Waals surface area (Å²) in [6, 6.07) is 8.34. The Bertz CT molecular complexity index is 1610. The first-order chi connectivity index (χ1) is 16.7. The second-order valence-electron chi connectivity index (χ2n) is 8.46. The number of nitrogens with one attached hydrogen (secondary N) is 1. The van der Waals surface area contributed by atoms with Crippen molar-refractivity contribution in [1.29, 1.82) is 0 Å². The molecule has 0 atom stereocenters. The molecule has 4 heterocycles. The maximum absolute atomic E-state index is 13.4. The zero-order valence-corrected chi connectivity index (χ0v) is 22.0. The van der Waals surface area contributed by atoms with Crippen LogP contribution < -0.4 is 10.3 Å². The molecule has 5 rings (SSSR count). The molecule has 1 saturated heterocycles. The lowest BCUT2D eigenvalue weighted by molar-refractivity contribution is 0.222. The number of aromatic nitrogens is 4. The Morgan fingerprint density at radius 2 is 1.86 bits per heavy atom. The Morgan fingerprint density at radius 1 is 1.11 bits per heavy atom. The van der Waals surface area contributed by atoms with E-state index in [2.05, 4.69) is 30.8 Å². The molecule has 4 aromatic rings. The van der Waals surface area contributed by atoms with Gasteiger partial charge in [-0.25, -0.2) is 18.4 Å². The molecule has 1 aliphatic rings. The Kier molecular flexibility index (Phi) is 6.16. The summed E-state index contributed by atoms with van der Waals surface area (Å²) in [6.07, 6.45) is 0. The van der Waals surface area contributed by atoms with Gasteiger partial charge in [-0.3, -0.25) is 9.20 Å². The highest BCUT2D eigenvalue weighted by Gasteiger charge is 2.29. The monoisotopic (exact) mass is 560 g/mol. The fourth-order valence-electron chi connectivity index (χ4n) is 4.24. The van der Waals surface area contributed by atoms with Crippen molar-refractivity contribution < 1.29 is 13.2 Å². The SMILES string of the molecule is CCOc1ccc(S(=O)(=O)N2CCN(C)CC2)cc1-c1nc2c(nc3ccc(Br)c(C)n32)c(=O)[nH]1. The number of aromatic amines is 1. The number of fused-ring (bicyclic) bond motifs is 3. The molecule has 12 heteroatoms. The maximum atomic E-state index is 13.4. The number of pyridine rings is 1. The average molecular weight is 561 g/mol. The van der Waals surface area contributed by atoms with E-state index in [4.69, 9.17) is 9.72 Å². The number of sulfonamides is 1. The van der Waals surface area contributed by atoms with Gasteiger partial charge in [0.25, 0.3) is 5.56 Å². The second kappa shape index (κ2) is 9.01. The van der Waals surface area contributed by atoms with Crippen molar-refractivity contribution in [2.75, 3.05) is 39.8 Å². The van der Waals surface area contributed by atoms with Gasteiger partial charge in [0.1, 0.15) is 17.2 Å². The minimum absolute atomic E-state index is 0.125. The number of piperazine rings is 1. The highest BCUT2D eigenvalue weighted by Crippen LogP contribution is 2.32. The van der Waals surface area contributed by atoms with Gasteiger partial charge in [-0.2, -0.15) is 4.31 Å². The van der Waals surface area contributed by atoms with Gasteiger partial charge in [-0.15, -0.1) is 0 Å². The number of rotatable bonds is 5. The van der Waals surface area contributed by atoms with Crippen LogP contribution in [0.4, 0.5) is 0 Å². The van der Waals surface area contributed by atoms with E-state index in [-0.39, 0.29) is 16.2 Å². The second-order valence-corrected chi connectivity index (χ2v) is 11.2. The number of ether oxygens (including phenoxy) is 1. The molecule has 1 aliphatic heterocycles. The normalized spacial score (nSPS) is 15.8. The molecule has 1 N–H and O–H groups in total. The van der Waals surface area contributed by atoms with Crippen molar-refractivity contribution >= 4 is 42.8 Å². The van der Waals surface area contributed by atoms with E-state index in [9.17, 15) is 13.2 Å². The van der Waals surface area contributed by atoms with Crippen LogP contribution in [-0.4, -0.2) is 76.8 Å². The summed E-state index contributed by atoms with van der Waals surface area (Å²) in [7, 11) is -1.76.